The van der Waals surface area contributed by atoms with Crippen LogP contribution in [0.15, 0.2) is 46.6 Å². The summed E-state index contributed by atoms with van der Waals surface area (Å²) in [7, 11) is 0. The number of nitrogens with one attached hydrogen (secondary N) is 1. The van der Waals surface area contributed by atoms with Gasteiger partial charge in [-0.2, -0.15) is 0 Å². The maximum absolute atomic E-state index is 12.7. The highest BCUT2D eigenvalue weighted by molar-refractivity contribution is 5.88. The molecule has 2 amide bonds. The first kappa shape index (κ1) is 27.5. The lowest BCUT2D eigenvalue weighted by molar-refractivity contribution is -0.000479. The van der Waals surface area contributed by atoms with Crippen LogP contribution in [0.1, 0.15) is 78.5 Å². The van der Waals surface area contributed by atoms with Crippen LogP contribution in [0.3, 0.4) is 0 Å². The van der Waals surface area contributed by atoms with Crippen LogP contribution in [-0.4, -0.2) is 39.3 Å². The molecule has 1 N–H and O–H groups in total. The van der Waals surface area contributed by atoms with Gasteiger partial charge in [0.2, 0.25) is 5.89 Å². The van der Waals surface area contributed by atoms with Crippen molar-refractivity contribution in [1.82, 2.24) is 15.2 Å². The summed E-state index contributed by atoms with van der Waals surface area (Å²) in [5.74, 6) is 0.994. The van der Waals surface area contributed by atoms with Gasteiger partial charge in [-0.25, -0.2) is 19.5 Å². The average molecular weight is 498 g/mol. The Kier molecular flexibility index (Phi) is 8.61. The van der Waals surface area contributed by atoms with Gasteiger partial charge in [-0.3, -0.25) is 0 Å². The summed E-state index contributed by atoms with van der Waals surface area (Å²) in [6.45, 7) is 13.0. The van der Waals surface area contributed by atoms with E-state index >= 15 is 0 Å². The van der Waals surface area contributed by atoms with Crippen molar-refractivity contribution in [2.75, 3.05) is 0 Å². The largest absolute Gasteiger partial charge is 0.447 e. The lowest BCUT2D eigenvalue weighted by atomic mass is 10.0. The van der Waals surface area contributed by atoms with Crippen LogP contribution in [-0.2, 0) is 22.6 Å². The van der Waals surface area contributed by atoms with E-state index in [0.717, 1.165) is 17.7 Å². The highest BCUT2D eigenvalue weighted by Gasteiger charge is 2.39. The van der Waals surface area contributed by atoms with Crippen molar-refractivity contribution in [3.8, 4) is 0 Å². The minimum atomic E-state index is -0.794. The number of amides is 2. The summed E-state index contributed by atoms with van der Waals surface area (Å²) in [5, 5.41) is 3.50. The summed E-state index contributed by atoms with van der Waals surface area (Å²) in [4.78, 5) is 30.8. The highest BCUT2D eigenvalue weighted by atomic mass is 16.6. The van der Waals surface area contributed by atoms with Crippen molar-refractivity contribution >= 4 is 18.3 Å². The van der Waals surface area contributed by atoms with Gasteiger partial charge in [0, 0.05) is 6.04 Å². The van der Waals surface area contributed by atoms with Crippen LogP contribution in [0.25, 0.3) is 6.08 Å². The minimum absolute atomic E-state index is 0.112. The lowest BCUT2D eigenvalue weighted by Gasteiger charge is -2.28. The Hall–Kier alpha value is -3.13. The van der Waals surface area contributed by atoms with Crippen molar-refractivity contribution in [3.05, 3.63) is 59.3 Å². The molecule has 1 aromatic heterocycles. The molecule has 0 saturated heterocycles. The molecule has 8 heteroatoms. The van der Waals surface area contributed by atoms with E-state index in [0.29, 0.717) is 30.1 Å². The molecule has 196 valence electrons. The second-order valence-corrected chi connectivity index (χ2v) is 11.1. The molecule has 0 bridgehead atoms. The fourth-order valence-corrected chi connectivity index (χ4v) is 3.79. The van der Waals surface area contributed by atoms with E-state index < -0.39 is 23.4 Å². The van der Waals surface area contributed by atoms with Crippen LogP contribution >= 0.6 is 0 Å². The topological polar surface area (TPSA) is 93.9 Å². The number of hydrogen-bond acceptors (Lipinski definition) is 7. The van der Waals surface area contributed by atoms with Crippen LogP contribution in [0.5, 0.6) is 0 Å². The van der Waals surface area contributed by atoms with E-state index in [2.05, 4.69) is 47.6 Å². The number of ether oxygens (including phenoxy) is 2. The summed E-state index contributed by atoms with van der Waals surface area (Å²) < 4.78 is 16.4. The van der Waals surface area contributed by atoms with E-state index in [1.807, 2.05) is 6.07 Å². The van der Waals surface area contributed by atoms with E-state index in [1.165, 1.54) is 17.4 Å². The van der Waals surface area contributed by atoms with Crippen LogP contribution < -0.4 is 5.32 Å². The van der Waals surface area contributed by atoms with Crippen molar-refractivity contribution < 1.29 is 23.5 Å². The number of rotatable bonds is 8. The Morgan fingerprint density at radius 2 is 1.69 bits per heavy atom. The molecule has 0 unspecified atom stereocenters. The molecule has 2 atom stereocenters. The molecule has 8 nitrogen and oxygen atoms in total. The van der Waals surface area contributed by atoms with Gasteiger partial charge in [-0.15, -0.1) is 0 Å². The Balaban J connectivity index is 1.59. The summed E-state index contributed by atoms with van der Waals surface area (Å²) in [6, 6.07) is 10.7. The zero-order chi connectivity index (χ0) is 26.5. The normalized spacial score (nSPS) is 18.0. The number of oxazole rings is 1. The Morgan fingerprint density at radius 3 is 2.25 bits per heavy atom. The van der Waals surface area contributed by atoms with Gasteiger partial charge < -0.3 is 19.2 Å². The maximum Gasteiger partial charge on any atom is 0.420 e. The number of hydrogen-bond donors (Lipinski definition) is 1. The molecule has 1 heterocycles. The number of nitrogens with zero attached hydrogens (tertiary/aromatic N) is 2. The molecule has 1 aliphatic carbocycles. The molecule has 0 aliphatic heterocycles. The Morgan fingerprint density at radius 1 is 1.08 bits per heavy atom. The number of carbonyl (C=O) groups excluding carboxylic acids is 2. The molecule has 0 spiro atoms. The van der Waals surface area contributed by atoms with Crippen molar-refractivity contribution in [2.45, 2.75) is 91.6 Å². The average Bonchev–Trinajstić information content (AvgIpc) is 3.40. The predicted molar refractivity (Wildman–Crippen MR) is 138 cm³/mol. The van der Waals surface area contributed by atoms with Gasteiger partial charge in [0.1, 0.15) is 17.5 Å². The number of imide groups is 1. The van der Waals surface area contributed by atoms with Crippen LogP contribution in [0.2, 0.25) is 0 Å². The highest BCUT2D eigenvalue weighted by Crippen LogP contribution is 2.39. The number of carbonyl (C=O) groups is 2. The Labute approximate surface area is 214 Å². The molecule has 3 rings (SSSR count). The number of benzene rings is 1. The molecule has 2 aromatic rings. The molecule has 1 fully saturated rings. The van der Waals surface area contributed by atoms with E-state index in [1.54, 1.807) is 41.5 Å². The van der Waals surface area contributed by atoms with Crippen LogP contribution in [0, 0.1) is 5.92 Å². The fourth-order valence-electron chi connectivity index (χ4n) is 3.79. The first-order chi connectivity index (χ1) is 16.8. The molecular formula is C28H39N3O5. The molecule has 1 aromatic carbocycles. The molecule has 1 saturated carbocycles. The van der Waals surface area contributed by atoms with E-state index in [4.69, 9.17) is 13.9 Å². The van der Waals surface area contributed by atoms with Crippen molar-refractivity contribution in [1.29, 1.82) is 0 Å². The van der Waals surface area contributed by atoms with Gasteiger partial charge in [0.05, 0.1) is 18.8 Å². The van der Waals surface area contributed by atoms with Gasteiger partial charge in [-0.1, -0.05) is 48.9 Å². The van der Waals surface area contributed by atoms with Gasteiger partial charge >= 0.3 is 12.2 Å². The van der Waals surface area contributed by atoms with Crippen molar-refractivity contribution in [2.24, 2.45) is 5.92 Å². The quantitative estimate of drug-likeness (QED) is 0.456. The number of aromatic nitrogens is 1. The second kappa shape index (κ2) is 11.3. The third-order valence-electron chi connectivity index (χ3n) is 5.49. The van der Waals surface area contributed by atoms with E-state index in [-0.39, 0.29) is 6.54 Å². The minimum Gasteiger partial charge on any atom is -0.447 e. The monoisotopic (exact) mass is 497 g/mol. The summed E-state index contributed by atoms with van der Waals surface area (Å²) >= 11 is 0. The SMILES string of the molecule is CC/C(=C\c1ccccc1)[C@@H]1C[C@H]1NCc1nc(CN(C(=O)OC(C)(C)C)C(=O)OC(C)(C)C)co1. The molecule has 36 heavy (non-hydrogen) atoms. The molecule has 1 aliphatic rings. The predicted octanol–water partition coefficient (Wildman–Crippen LogP) is 6.32. The van der Waals surface area contributed by atoms with Gasteiger partial charge in [-0.05, 0) is 65.9 Å². The third kappa shape index (κ3) is 8.52. The van der Waals surface area contributed by atoms with Crippen LogP contribution in [0.4, 0.5) is 9.59 Å². The van der Waals surface area contributed by atoms with E-state index in [9.17, 15) is 9.59 Å². The second-order valence-electron chi connectivity index (χ2n) is 11.1. The smallest absolute Gasteiger partial charge is 0.420 e. The summed E-state index contributed by atoms with van der Waals surface area (Å²) in [6.07, 6.45) is 4.22. The molecule has 0 radical (unpaired) electrons. The third-order valence-corrected chi connectivity index (χ3v) is 5.49. The maximum atomic E-state index is 12.7. The zero-order valence-electron chi connectivity index (χ0n) is 22.5. The van der Waals surface area contributed by atoms with Gasteiger partial charge in [0.15, 0.2) is 0 Å². The standard InChI is InChI=1S/C28H39N3O5/c1-8-20(14-19-12-10-9-11-13-19)22-15-23(22)29-16-24-30-21(18-34-24)17-31(25(32)35-27(2,3)4)26(33)36-28(5,6)7/h9-14,18,22-23,29H,8,15-17H2,1-7H3/b20-14+/t22-,23+/m0/s1. The zero-order valence-corrected chi connectivity index (χ0v) is 22.5. The molecular weight excluding hydrogens is 458 g/mol. The first-order valence-electron chi connectivity index (χ1n) is 12.5. The fraction of sp³-hybridized carbons (Fsp3) is 0.536. The van der Waals surface area contributed by atoms with Gasteiger partial charge in [0.25, 0.3) is 0 Å². The first-order valence-corrected chi connectivity index (χ1v) is 12.5. The Bertz CT molecular complexity index is 1030. The summed E-state index contributed by atoms with van der Waals surface area (Å²) in [5.41, 5.74) is 1.57. The van der Waals surface area contributed by atoms with Crippen molar-refractivity contribution in [3.63, 3.8) is 0 Å². The lowest BCUT2D eigenvalue weighted by Crippen LogP contribution is -2.43.